The van der Waals surface area contributed by atoms with Gasteiger partial charge in [-0.2, -0.15) is 8.42 Å². The minimum Gasteiger partial charge on any atom is -0.308 e. The van der Waals surface area contributed by atoms with E-state index in [0.29, 0.717) is 6.54 Å². The lowest BCUT2D eigenvalue weighted by Crippen LogP contribution is -2.35. The van der Waals surface area contributed by atoms with E-state index in [1.54, 1.807) is 24.3 Å². The maximum absolute atomic E-state index is 11.4. The Labute approximate surface area is 103 Å². The van der Waals surface area contributed by atoms with E-state index >= 15 is 0 Å². The number of hydrogen-bond acceptors (Lipinski definition) is 4. The first-order chi connectivity index (χ1) is 7.74. The van der Waals surface area contributed by atoms with Crippen molar-refractivity contribution in [3.63, 3.8) is 0 Å². The number of benzene rings is 1. The summed E-state index contributed by atoms with van der Waals surface area (Å²) in [6, 6.07) is 6.67. The molecule has 0 saturated heterocycles. The van der Waals surface area contributed by atoms with Crippen molar-refractivity contribution >= 4 is 10.1 Å². The van der Waals surface area contributed by atoms with Crippen molar-refractivity contribution in [2.45, 2.75) is 37.8 Å². The molecule has 0 aliphatic carbocycles. The molecule has 0 aliphatic heterocycles. The highest BCUT2D eigenvalue weighted by atomic mass is 32.2. The van der Waals surface area contributed by atoms with Crippen molar-refractivity contribution in [2.75, 3.05) is 7.11 Å². The van der Waals surface area contributed by atoms with Gasteiger partial charge in [0.15, 0.2) is 0 Å². The predicted molar refractivity (Wildman–Crippen MR) is 67.2 cm³/mol. The van der Waals surface area contributed by atoms with Crippen LogP contribution in [0.1, 0.15) is 26.3 Å². The molecule has 0 saturated carbocycles. The third kappa shape index (κ3) is 4.46. The minimum atomic E-state index is -3.58. The second kappa shape index (κ2) is 5.16. The lowest BCUT2D eigenvalue weighted by atomic mass is 10.1. The molecule has 0 amide bonds. The maximum atomic E-state index is 11.4. The maximum Gasteiger partial charge on any atom is 0.296 e. The van der Waals surface area contributed by atoms with Crippen LogP contribution in [-0.2, 0) is 20.8 Å². The minimum absolute atomic E-state index is 0.0390. The average molecular weight is 257 g/mol. The van der Waals surface area contributed by atoms with E-state index in [1.807, 2.05) is 0 Å². The Morgan fingerprint density at radius 3 is 2.12 bits per heavy atom. The summed E-state index contributed by atoms with van der Waals surface area (Å²) < 4.78 is 27.2. The van der Waals surface area contributed by atoms with Crippen molar-refractivity contribution in [3.05, 3.63) is 29.8 Å². The third-order valence-corrected chi connectivity index (χ3v) is 3.54. The van der Waals surface area contributed by atoms with E-state index in [1.165, 1.54) is 0 Å². The van der Waals surface area contributed by atoms with Crippen LogP contribution in [0.3, 0.4) is 0 Å². The summed E-state index contributed by atoms with van der Waals surface area (Å²) in [6.07, 6.45) is 0. The molecule has 96 valence electrons. The molecule has 0 bridgehead atoms. The summed E-state index contributed by atoms with van der Waals surface area (Å²) in [4.78, 5) is 0.180. The molecular weight excluding hydrogens is 238 g/mol. The van der Waals surface area contributed by atoms with Gasteiger partial charge in [0.25, 0.3) is 10.1 Å². The normalized spacial score (nSPS) is 12.7. The van der Waals surface area contributed by atoms with E-state index in [9.17, 15) is 8.42 Å². The summed E-state index contributed by atoms with van der Waals surface area (Å²) in [5, 5.41) is 3.33. The van der Waals surface area contributed by atoms with E-state index in [-0.39, 0.29) is 10.4 Å². The fraction of sp³-hybridized carbons (Fsp3) is 0.500. The highest BCUT2D eigenvalue weighted by Gasteiger charge is 2.13. The molecule has 1 aromatic carbocycles. The van der Waals surface area contributed by atoms with Crippen LogP contribution >= 0.6 is 0 Å². The van der Waals surface area contributed by atoms with Crippen molar-refractivity contribution < 1.29 is 12.6 Å². The van der Waals surface area contributed by atoms with Gasteiger partial charge in [0.05, 0.1) is 12.0 Å². The van der Waals surface area contributed by atoms with Gasteiger partial charge >= 0.3 is 0 Å². The van der Waals surface area contributed by atoms with Gasteiger partial charge in [-0.3, -0.25) is 4.18 Å². The van der Waals surface area contributed by atoms with Crippen molar-refractivity contribution in [1.82, 2.24) is 5.32 Å². The molecular formula is C12H19NO3S. The molecule has 0 aromatic heterocycles. The SMILES string of the molecule is COS(=O)(=O)c1ccc(CNC(C)(C)C)cc1. The van der Waals surface area contributed by atoms with E-state index in [2.05, 4.69) is 30.3 Å². The van der Waals surface area contributed by atoms with Crippen LogP contribution in [0, 0.1) is 0 Å². The molecule has 5 heteroatoms. The van der Waals surface area contributed by atoms with Crippen molar-refractivity contribution in [3.8, 4) is 0 Å². The number of nitrogens with one attached hydrogen (secondary N) is 1. The molecule has 0 fully saturated rings. The zero-order chi connectivity index (χ0) is 13.1. The second-order valence-corrected chi connectivity index (χ2v) is 6.58. The fourth-order valence-corrected chi connectivity index (χ4v) is 1.90. The molecule has 0 unspecified atom stereocenters. The molecule has 0 radical (unpaired) electrons. The Kier molecular flexibility index (Phi) is 4.30. The molecule has 0 aliphatic rings. The Morgan fingerprint density at radius 1 is 1.18 bits per heavy atom. The quantitative estimate of drug-likeness (QED) is 0.837. The zero-order valence-corrected chi connectivity index (χ0v) is 11.5. The second-order valence-electron chi connectivity index (χ2n) is 4.87. The Bertz CT molecular complexity index is 458. The van der Waals surface area contributed by atoms with E-state index in [0.717, 1.165) is 12.7 Å². The monoisotopic (exact) mass is 257 g/mol. The first kappa shape index (κ1) is 14.2. The largest absolute Gasteiger partial charge is 0.308 e. The third-order valence-electron chi connectivity index (χ3n) is 2.25. The first-order valence-electron chi connectivity index (χ1n) is 5.39. The standard InChI is InChI=1S/C12H19NO3S/c1-12(2,3)13-9-10-5-7-11(8-6-10)17(14,15)16-4/h5-8,13H,9H2,1-4H3. The van der Waals surface area contributed by atoms with Gasteiger partial charge < -0.3 is 5.32 Å². The van der Waals surface area contributed by atoms with Gasteiger partial charge in [0, 0.05) is 12.1 Å². The van der Waals surface area contributed by atoms with Gasteiger partial charge in [-0.1, -0.05) is 12.1 Å². The molecule has 4 nitrogen and oxygen atoms in total. The molecule has 1 aromatic rings. The van der Waals surface area contributed by atoms with Gasteiger partial charge in [0.2, 0.25) is 0 Å². The Morgan fingerprint density at radius 2 is 1.71 bits per heavy atom. The molecule has 1 N–H and O–H groups in total. The van der Waals surface area contributed by atoms with Crippen LogP contribution in [0.4, 0.5) is 0 Å². The molecule has 1 rings (SSSR count). The van der Waals surface area contributed by atoms with Crippen LogP contribution < -0.4 is 5.32 Å². The molecule has 0 heterocycles. The Hall–Kier alpha value is -0.910. The topological polar surface area (TPSA) is 55.4 Å². The predicted octanol–water partition coefficient (Wildman–Crippen LogP) is 1.91. The van der Waals surface area contributed by atoms with Crippen LogP contribution in [-0.4, -0.2) is 21.1 Å². The summed E-state index contributed by atoms with van der Waals surface area (Å²) in [5.41, 5.74) is 1.08. The summed E-state index contributed by atoms with van der Waals surface area (Å²) >= 11 is 0. The summed E-state index contributed by atoms with van der Waals surface area (Å²) in [5.74, 6) is 0. The highest BCUT2D eigenvalue weighted by molar-refractivity contribution is 7.86. The summed E-state index contributed by atoms with van der Waals surface area (Å²) in [7, 11) is -2.42. The average Bonchev–Trinajstić information content (AvgIpc) is 2.26. The summed E-state index contributed by atoms with van der Waals surface area (Å²) in [6.45, 7) is 6.95. The highest BCUT2D eigenvalue weighted by Crippen LogP contribution is 2.13. The van der Waals surface area contributed by atoms with E-state index in [4.69, 9.17) is 0 Å². The van der Waals surface area contributed by atoms with Crippen molar-refractivity contribution in [2.24, 2.45) is 0 Å². The van der Waals surface area contributed by atoms with Gasteiger partial charge in [-0.15, -0.1) is 0 Å². The zero-order valence-electron chi connectivity index (χ0n) is 10.6. The van der Waals surface area contributed by atoms with Gasteiger partial charge in [0.1, 0.15) is 0 Å². The van der Waals surface area contributed by atoms with E-state index < -0.39 is 10.1 Å². The smallest absolute Gasteiger partial charge is 0.296 e. The lowest BCUT2D eigenvalue weighted by molar-refractivity contribution is 0.397. The Balaban J connectivity index is 2.76. The first-order valence-corrected chi connectivity index (χ1v) is 6.80. The fourth-order valence-electron chi connectivity index (χ4n) is 1.24. The lowest BCUT2D eigenvalue weighted by Gasteiger charge is -2.20. The molecule has 17 heavy (non-hydrogen) atoms. The molecule has 0 atom stereocenters. The van der Waals surface area contributed by atoms with Crippen molar-refractivity contribution in [1.29, 1.82) is 0 Å². The van der Waals surface area contributed by atoms with Crippen LogP contribution in [0.25, 0.3) is 0 Å². The van der Waals surface area contributed by atoms with Crippen LogP contribution in [0.5, 0.6) is 0 Å². The van der Waals surface area contributed by atoms with Gasteiger partial charge in [-0.05, 0) is 38.5 Å². The van der Waals surface area contributed by atoms with Crippen LogP contribution in [0.2, 0.25) is 0 Å². The number of hydrogen-bond donors (Lipinski definition) is 1. The van der Waals surface area contributed by atoms with Crippen LogP contribution in [0.15, 0.2) is 29.2 Å². The van der Waals surface area contributed by atoms with Gasteiger partial charge in [-0.25, -0.2) is 0 Å². The number of rotatable bonds is 4. The molecule has 0 spiro atoms.